The van der Waals surface area contributed by atoms with E-state index in [0.717, 1.165) is 27.5 Å². The van der Waals surface area contributed by atoms with Crippen LogP contribution < -0.4 is 24.6 Å². The van der Waals surface area contributed by atoms with E-state index in [-0.39, 0.29) is 5.56 Å². The lowest BCUT2D eigenvalue weighted by atomic mass is 10.1. The van der Waals surface area contributed by atoms with Crippen LogP contribution in [0.25, 0.3) is 16.9 Å². The third-order valence-electron chi connectivity index (χ3n) is 6.44. The van der Waals surface area contributed by atoms with E-state index < -0.39 is 0 Å². The van der Waals surface area contributed by atoms with E-state index in [1.54, 1.807) is 48.2 Å². The van der Waals surface area contributed by atoms with E-state index in [1.807, 2.05) is 72.6 Å². The Morgan fingerprint density at radius 2 is 1.62 bits per heavy atom. The molecule has 0 radical (unpaired) electrons. The fourth-order valence-electron chi connectivity index (χ4n) is 4.33. The van der Waals surface area contributed by atoms with Gasteiger partial charge < -0.3 is 14.2 Å². The van der Waals surface area contributed by atoms with Crippen LogP contribution in [0.5, 0.6) is 17.2 Å². The predicted octanol–water partition coefficient (Wildman–Crippen LogP) is 5.52. The molecule has 0 saturated heterocycles. The Morgan fingerprint density at radius 1 is 0.925 bits per heavy atom. The topological polar surface area (TPSA) is 84.3 Å². The van der Waals surface area contributed by atoms with Crippen molar-refractivity contribution in [3.8, 4) is 34.2 Å². The number of hydrogen-bond donors (Lipinski definition) is 0. The molecule has 3 heterocycles. The van der Waals surface area contributed by atoms with Gasteiger partial charge in [-0.1, -0.05) is 18.2 Å². The van der Waals surface area contributed by atoms with Crippen LogP contribution in [0.15, 0.2) is 74.9 Å². The molecule has 0 N–H and O–H groups in total. The summed E-state index contributed by atoms with van der Waals surface area (Å²) in [5.41, 5.74) is 3.19. The van der Waals surface area contributed by atoms with Crippen molar-refractivity contribution in [3.05, 3.63) is 90.6 Å². The van der Waals surface area contributed by atoms with Crippen molar-refractivity contribution < 1.29 is 14.2 Å². The summed E-state index contributed by atoms with van der Waals surface area (Å²) in [6.07, 6.45) is 1.80. The summed E-state index contributed by atoms with van der Waals surface area (Å²) in [4.78, 5) is 21.2. The zero-order valence-electron chi connectivity index (χ0n) is 23.0. The number of thiazole rings is 1. The molecule has 0 unspecified atom stereocenters. The van der Waals surface area contributed by atoms with E-state index in [4.69, 9.17) is 24.3 Å². The molecule has 2 aromatic carbocycles. The first-order valence-electron chi connectivity index (χ1n) is 12.4. The van der Waals surface area contributed by atoms with Gasteiger partial charge in [-0.05, 0) is 50.2 Å². The molecule has 0 aliphatic rings. The van der Waals surface area contributed by atoms with Crippen LogP contribution in [0.2, 0.25) is 0 Å². The van der Waals surface area contributed by atoms with Gasteiger partial charge in [0, 0.05) is 27.7 Å². The van der Waals surface area contributed by atoms with E-state index in [9.17, 15) is 4.79 Å². The second-order valence-electron chi connectivity index (χ2n) is 8.84. The summed E-state index contributed by atoms with van der Waals surface area (Å²) in [5, 5.41) is 6.76. The van der Waals surface area contributed by atoms with Crippen LogP contribution in [0.4, 0.5) is 5.69 Å². The fraction of sp³-hybridized carbons (Fsp3) is 0.207. The first kappa shape index (κ1) is 27.2. The lowest BCUT2D eigenvalue weighted by Gasteiger charge is -2.14. The molecular weight excluding hydrogens is 546 g/mol. The monoisotopic (exact) mass is 575 g/mol. The molecule has 11 heteroatoms. The Bertz CT molecular complexity index is 1800. The molecule has 9 nitrogen and oxygen atoms in total. The van der Waals surface area contributed by atoms with Crippen LogP contribution in [0.1, 0.15) is 15.4 Å². The lowest BCUT2D eigenvalue weighted by molar-refractivity contribution is 0.324. The summed E-state index contributed by atoms with van der Waals surface area (Å²) >= 11 is 3.03. The van der Waals surface area contributed by atoms with E-state index in [0.29, 0.717) is 27.7 Å². The average Bonchev–Trinajstić information content (AvgIpc) is 3.64. The Hall–Kier alpha value is -4.35. The zero-order valence-corrected chi connectivity index (χ0v) is 24.7. The second kappa shape index (κ2) is 11.4. The minimum atomic E-state index is -0.210. The van der Waals surface area contributed by atoms with Crippen molar-refractivity contribution in [2.24, 2.45) is 17.1 Å². The van der Waals surface area contributed by atoms with Gasteiger partial charge in [0.05, 0.1) is 44.6 Å². The van der Waals surface area contributed by atoms with Crippen LogP contribution in [-0.2, 0) is 7.05 Å². The molecule has 0 fully saturated rings. The van der Waals surface area contributed by atoms with Crippen LogP contribution in [-0.4, -0.2) is 41.6 Å². The standard InChI is InChI=1S/C29H29N5O4S2/c1-18-12-13-22(40-18)16-30-33-23(20-14-24(36-4)27(38-6)25(15-20)37-5)17-39-29(33)31-26-19(2)32(3)34(28(26)35)21-10-8-7-9-11-21/h7-17H,1-6H3. The first-order chi connectivity index (χ1) is 19.4. The Labute approximate surface area is 239 Å². The highest BCUT2D eigenvalue weighted by Gasteiger charge is 2.19. The minimum Gasteiger partial charge on any atom is -0.493 e. The maximum absolute atomic E-state index is 13.6. The molecular formula is C29H29N5O4S2. The molecule has 0 saturated carbocycles. The summed E-state index contributed by atoms with van der Waals surface area (Å²) in [6, 6.07) is 17.3. The molecule has 206 valence electrons. The molecule has 5 aromatic rings. The molecule has 0 aliphatic heterocycles. The third kappa shape index (κ3) is 5.01. The number of methoxy groups -OCH3 is 3. The number of aryl methyl sites for hydroxylation is 1. The van der Waals surface area contributed by atoms with Gasteiger partial charge in [-0.25, -0.2) is 14.4 Å². The average molecular weight is 576 g/mol. The van der Waals surface area contributed by atoms with Gasteiger partial charge in [0.1, 0.15) is 0 Å². The number of hydrogen-bond acceptors (Lipinski definition) is 8. The van der Waals surface area contributed by atoms with Crippen molar-refractivity contribution in [2.75, 3.05) is 21.3 Å². The summed E-state index contributed by atoms with van der Waals surface area (Å²) in [6.45, 7) is 3.94. The highest BCUT2D eigenvalue weighted by atomic mass is 32.1. The quantitative estimate of drug-likeness (QED) is 0.228. The van der Waals surface area contributed by atoms with Gasteiger partial charge in [-0.3, -0.25) is 9.48 Å². The van der Waals surface area contributed by atoms with Crippen molar-refractivity contribution in [3.63, 3.8) is 0 Å². The highest BCUT2D eigenvalue weighted by Crippen LogP contribution is 2.41. The zero-order chi connectivity index (χ0) is 28.4. The maximum atomic E-state index is 13.6. The van der Waals surface area contributed by atoms with E-state index in [1.165, 1.54) is 16.2 Å². The number of nitrogens with zero attached hydrogens (tertiary/aromatic N) is 5. The largest absolute Gasteiger partial charge is 0.493 e. The van der Waals surface area contributed by atoms with Crippen molar-refractivity contribution in [1.82, 2.24) is 14.0 Å². The molecule has 0 spiro atoms. The highest BCUT2D eigenvalue weighted by molar-refractivity contribution is 7.13. The van der Waals surface area contributed by atoms with E-state index >= 15 is 0 Å². The molecule has 3 aromatic heterocycles. The Balaban J connectivity index is 1.73. The van der Waals surface area contributed by atoms with Crippen molar-refractivity contribution in [1.29, 1.82) is 0 Å². The molecule has 0 aliphatic carbocycles. The summed E-state index contributed by atoms with van der Waals surface area (Å²) in [5.74, 6) is 1.55. The fourth-order valence-corrected chi connectivity index (χ4v) is 5.92. The number of aromatic nitrogens is 3. The van der Waals surface area contributed by atoms with Crippen molar-refractivity contribution in [2.45, 2.75) is 13.8 Å². The Morgan fingerprint density at radius 3 is 2.23 bits per heavy atom. The minimum absolute atomic E-state index is 0.210. The molecule has 40 heavy (non-hydrogen) atoms. The molecule has 0 bridgehead atoms. The smallest absolute Gasteiger partial charge is 0.297 e. The van der Waals surface area contributed by atoms with E-state index in [2.05, 4.69) is 13.0 Å². The van der Waals surface area contributed by atoms with Gasteiger partial charge in [-0.15, -0.1) is 22.7 Å². The van der Waals surface area contributed by atoms with Crippen molar-refractivity contribution >= 4 is 34.6 Å². The molecule has 5 rings (SSSR count). The maximum Gasteiger partial charge on any atom is 0.297 e. The van der Waals surface area contributed by atoms with Crippen LogP contribution >= 0.6 is 22.7 Å². The van der Waals surface area contributed by atoms with Crippen LogP contribution in [0, 0.1) is 13.8 Å². The first-order valence-corrected chi connectivity index (χ1v) is 14.1. The lowest BCUT2D eigenvalue weighted by Crippen LogP contribution is -2.19. The molecule has 0 atom stereocenters. The van der Waals surface area contributed by atoms with Gasteiger partial charge in [0.15, 0.2) is 17.2 Å². The van der Waals surface area contributed by atoms with Gasteiger partial charge >= 0.3 is 0 Å². The number of ether oxygens (including phenoxy) is 3. The molecule has 0 amide bonds. The number of rotatable bonds is 8. The number of benzene rings is 2. The van der Waals surface area contributed by atoms with Gasteiger partial charge in [0.2, 0.25) is 10.6 Å². The predicted molar refractivity (Wildman–Crippen MR) is 160 cm³/mol. The van der Waals surface area contributed by atoms with Gasteiger partial charge in [0.25, 0.3) is 5.56 Å². The Kier molecular flexibility index (Phi) is 7.76. The third-order valence-corrected chi connectivity index (χ3v) is 8.19. The normalized spacial score (nSPS) is 11.9. The SMILES string of the molecule is COc1cc(-c2csc(=Nc3c(C)n(C)n(-c4ccccc4)c3=O)n2N=Cc2ccc(C)s2)cc(OC)c1OC. The number of thiophene rings is 1. The summed E-state index contributed by atoms with van der Waals surface area (Å²) < 4.78 is 21.8. The number of para-hydroxylation sites is 1. The summed E-state index contributed by atoms with van der Waals surface area (Å²) in [7, 11) is 6.58. The van der Waals surface area contributed by atoms with Gasteiger partial charge in [-0.2, -0.15) is 5.10 Å². The van der Waals surface area contributed by atoms with Crippen LogP contribution in [0.3, 0.4) is 0 Å². The second-order valence-corrected chi connectivity index (χ2v) is 11.0.